The molecule has 0 aliphatic carbocycles. The highest BCUT2D eigenvalue weighted by Crippen LogP contribution is 2.25. The first kappa shape index (κ1) is 22.8. The lowest BCUT2D eigenvalue weighted by Gasteiger charge is -2.34. The zero-order chi connectivity index (χ0) is 17.7. The number of hydrogen-bond donors (Lipinski definition) is 2. The van der Waals surface area contributed by atoms with E-state index in [4.69, 9.17) is 5.26 Å². The van der Waals surface area contributed by atoms with Crippen molar-refractivity contribution in [2.75, 3.05) is 13.1 Å². The number of nitrogens with one attached hydrogen (secondary N) is 2. The predicted octanol–water partition coefficient (Wildman–Crippen LogP) is 3.78. The molecule has 1 aromatic carbocycles. The Morgan fingerprint density at radius 1 is 1.26 bits per heavy atom. The van der Waals surface area contributed by atoms with E-state index >= 15 is 0 Å². The first-order valence-electron chi connectivity index (χ1n) is 8.66. The van der Waals surface area contributed by atoms with Gasteiger partial charge in [-0.15, -0.1) is 24.8 Å². The molecule has 2 N–H and O–H groups in total. The lowest BCUT2D eigenvalue weighted by Crippen LogP contribution is -2.52. The van der Waals surface area contributed by atoms with E-state index in [-0.39, 0.29) is 30.8 Å². The Hall–Kier alpha value is -2.23. The molecule has 1 atom stereocenters. The van der Waals surface area contributed by atoms with Crippen LogP contribution < -0.4 is 5.32 Å². The summed E-state index contributed by atoms with van der Waals surface area (Å²) >= 11 is 0. The van der Waals surface area contributed by atoms with Gasteiger partial charge in [0, 0.05) is 19.5 Å². The summed E-state index contributed by atoms with van der Waals surface area (Å²) in [5.41, 5.74) is 1.95. The molecule has 2 aromatic rings. The van der Waals surface area contributed by atoms with Crippen molar-refractivity contribution in [1.82, 2.24) is 20.2 Å². The van der Waals surface area contributed by atoms with E-state index in [1.807, 2.05) is 24.0 Å². The molecule has 0 saturated carbocycles. The number of nitriles is 1. The van der Waals surface area contributed by atoms with Gasteiger partial charge in [-0.1, -0.05) is 12.1 Å². The van der Waals surface area contributed by atoms with Crippen molar-refractivity contribution in [3.63, 3.8) is 0 Å². The molecule has 8 heteroatoms. The molecule has 0 spiro atoms. The van der Waals surface area contributed by atoms with Crippen LogP contribution in [0.1, 0.15) is 43.0 Å². The molecule has 27 heavy (non-hydrogen) atoms. The molecule has 1 aliphatic rings. The third-order valence-electron chi connectivity index (χ3n) is 4.76. The number of carbonyl (C=O) groups excluding carboxylic acids is 1. The summed E-state index contributed by atoms with van der Waals surface area (Å²) in [6.45, 7) is 3.62. The highest BCUT2D eigenvalue weighted by Gasteiger charge is 2.32. The van der Waals surface area contributed by atoms with E-state index in [0.29, 0.717) is 12.0 Å². The minimum absolute atomic E-state index is 0. The predicted molar refractivity (Wildman–Crippen MR) is 109 cm³/mol. The smallest absolute Gasteiger partial charge is 0.318 e. The van der Waals surface area contributed by atoms with Crippen molar-refractivity contribution in [2.24, 2.45) is 0 Å². The average molecular weight is 410 g/mol. The van der Waals surface area contributed by atoms with E-state index < -0.39 is 5.54 Å². The molecular weight excluding hydrogens is 385 g/mol. The van der Waals surface area contributed by atoms with Crippen molar-refractivity contribution in [1.29, 1.82) is 5.26 Å². The zero-order valence-electron chi connectivity index (χ0n) is 15.3. The molecule has 1 unspecified atom stereocenters. The van der Waals surface area contributed by atoms with Gasteiger partial charge in [0.2, 0.25) is 0 Å². The summed E-state index contributed by atoms with van der Waals surface area (Å²) < 4.78 is 0. The summed E-state index contributed by atoms with van der Waals surface area (Å²) in [4.78, 5) is 21.9. The second kappa shape index (κ2) is 10.2. The number of likely N-dealkylation sites (tertiary alicyclic amines) is 1. The van der Waals surface area contributed by atoms with E-state index in [0.717, 1.165) is 37.2 Å². The number of halogens is 2. The Balaban J connectivity index is 0.00000182. The van der Waals surface area contributed by atoms with E-state index in [1.165, 1.54) is 6.42 Å². The van der Waals surface area contributed by atoms with Crippen LogP contribution >= 0.6 is 24.8 Å². The summed E-state index contributed by atoms with van der Waals surface area (Å²) in [6.07, 6.45) is 7.29. The number of rotatable bonds is 4. The van der Waals surface area contributed by atoms with Crippen LogP contribution in [0, 0.1) is 11.3 Å². The molecule has 0 radical (unpaired) electrons. The third-order valence-corrected chi connectivity index (χ3v) is 4.76. The summed E-state index contributed by atoms with van der Waals surface area (Å²) in [5.74, 6) is 0. The van der Waals surface area contributed by atoms with Crippen molar-refractivity contribution in [3.05, 3.63) is 53.6 Å². The van der Waals surface area contributed by atoms with Crippen LogP contribution in [0.3, 0.4) is 0 Å². The standard InChI is InChI=1S/C19H23N5O.2ClH/c1-19(17-13-21-14-22-17,11-15-5-7-16(12-20)8-6-15)23-18(25)24-9-3-2-4-10-24;;/h5-8,13-14H,2-4,9-11H2,1H3,(H,21,22)(H,23,25);2*1H. The fourth-order valence-corrected chi connectivity index (χ4v) is 3.28. The monoisotopic (exact) mass is 409 g/mol. The minimum Gasteiger partial charge on any atom is -0.347 e. The maximum Gasteiger partial charge on any atom is 0.318 e. The maximum atomic E-state index is 12.7. The van der Waals surface area contributed by atoms with E-state index in [1.54, 1.807) is 24.7 Å². The van der Waals surface area contributed by atoms with Crippen LogP contribution in [0.5, 0.6) is 0 Å². The fraction of sp³-hybridized carbons (Fsp3) is 0.421. The Morgan fingerprint density at radius 3 is 2.48 bits per heavy atom. The number of urea groups is 1. The molecule has 1 saturated heterocycles. The SMILES string of the molecule is CC(Cc1ccc(C#N)cc1)(NC(=O)N1CCCCC1)c1cnc[nH]1.Cl.Cl. The number of hydrogen-bond acceptors (Lipinski definition) is 3. The number of amides is 2. The highest BCUT2D eigenvalue weighted by atomic mass is 35.5. The van der Waals surface area contributed by atoms with E-state index in [9.17, 15) is 4.79 Å². The number of H-pyrrole nitrogens is 1. The number of benzene rings is 1. The van der Waals surface area contributed by atoms with Crippen molar-refractivity contribution >= 4 is 30.8 Å². The fourth-order valence-electron chi connectivity index (χ4n) is 3.28. The van der Waals surface area contributed by atoms with Crippen LogP contribution in [0.15, 0.2) is 36.8 Å². The van der Waals surface area contributed by atoms with Crippen LogP contribution in [0.25, 0.3) is 0 Å². The van der Waals surface area contributed by atoms with Crippen molar-refractivity contribution in [2.45, 2.75) is 38.1 Å². The van der Waals surface area contributed by atoms with Gasteiger partial charge in [0.25, 0.3) is 0 Å². The first-order chi connectivity index (χ1) is 12.1. The summed E-state index contributed by atoms with van der Waals surface area (Å²) in [5, 5.41) is 12.1. The molecule has 146 valence electrons. The quantitative estimate of drug-likeness (QED) is 0.805. The first-order valence-corrected chi connectivity index (χ1v) is 8.66. The molecule has 3 rings (SSSR count). The molecule has 0 bridgehead atoms. The van der Waals surface area contributed by atoms with Gasteiger partial charge in [0.1, 0.15) is 0 Å². The second-order valence-electron chi connectivity index (χ2n) is 6.76. The van der Waals surface area contributed by atoms with Gasteiger partial charge in [0.15, 0.2) is 0 Å². The Kier molecular flexibility index (Phi) is 8.61. The number of piperidine rings is 1. The second-order valence-corrected chi connectivity index (χ2v) is 6.76. The van der Waals surface area contributed by atoms with Crippen LogP contribution in [0.4, 0.5) is 4.79 Å². The summed E-state index contributed by atoms with van der Waals surface area (Å²) in [6, 6.07) is 9.55. The largest absolute Gasteiger partial charge is 0.347 e. The molecular formula is C19H25Cl2N5O. The number of aromatic nitrogens is 2. The summed E-state index contributed by atoms with van der Waals surface area (Å²) in [7, 11) is 0. The number of nitrogens with zero attached hydrogens (tertiary/aromatic N) is 3. The van der Waals surface area contributed by atoms with Crippen LogP contribution in [-0.2, 0) is 12.0 Å². The zero-order valence-corrected chi connectivity index (χ0v) is 16.9. The number of imidazole rings is 1. The number of aromatic amines is 1. The van der Waals surface area contributed by atoms with Gasteiger partial charge in [-0.25, -0.2) is 9.78 Å². The van der Waals surface area contributed by atoms with Crippen LogP contribution in [-0.4, -0.2) is 34.0 Å². The molecule has 1 fully saturated rings. The van der Waals surface area contributed by atoms with Gasteiger partial charge in [0.05, 0.1) is 35.4 Å². The van der Waals surface area contributed by atoms with Gasteiger partial charge >= 0.3 is 6.03 Å². The molecule has 2 heterocycles. The van der Waals surface area contributed by atoms with Gasteiger partial charge in [-0.3, -0.25) is 0 Å². The molecule has 1 aromatic heterocycles. The Labute approximate surface area is 172 Å². The van der Waals surface area contributed by atoms with Crippen LogP contribution in [0.2, 0.25) is 0 Å². The lowest BCUT2D eigenvalue weighted by molar-refractivity contribution is 0.173. The van der Waals surface area contributed by atoms with E-state index in [2.05, 4.69) is 21.4 Å². The average Bonchev–Trinajstić information content (AvgIpc) is 3.18. The maximum absolute atomic E-state index is 12.7. The minimum atomic E-state index is -0.598. The topological polar surface area (TPSA) is 84.8 Å². The number of carbonyl (C=O) groups is 1. The third kappa shape index (κ3) is 5.62. The highest BCUT2D eigenvalue weighted by molar-refractivity contribution is 5.85. The van der Waals surface area contributed by atoms with Gasteiger partial charge in [-0.05, 0) is 43.9 Å². The molecule has 2 amide bonds. The Bertz CT molecular complexity index is 751. The normalized spacial score (nSPS) is 15.5. The van der Waals surface area contributed by atoms with Crippen molar-refractivity contribution in [3.8, 4) is 6.07 Å². The molecule has 6 nitrogen and oxygen atoms in total. The Morgan fingerprint density at radius 2 is 1.93 bits per heavy atom. The molecule has 1 aliphatic heterocycles. The van der Waals surface area contributed by atoms with Gasteiger partial charge < -0.3 is 15.2 Å². The lowest BCUT2D eigenvalue weighted by atomic mass is 9.89. The van der Waals surface area contributed by atoms with Gasteiger partial charge in [-0.2, -0.15) is 5.26 Å². The van der Waals surface area contributed by atoms with Crippen molar-refractivity contribution < 1.29 is 4.79 Å².